The van der Waals surface area contributed by atoms with E-state index in [1.54, 1.807) is 12.3 Å². The number of carbonyl (C=O) groups is 2. The molecule has 0 spiro atoms. The summed E-state index contributed by atoms with van der Waals surface area (Å²) in [6.45, 7) is 5.46. The number of aromatic nitrogens is 1. The predicted molar refractivity (Wildman–Crippen MR) is 117 cm³/mol. The molecular formula is C23H25F3N4O3. The molecule has 0 radical (unpaired) electrons. The van der Waals surface area contributed by atoms with Gasteiger partial charge in [0.15, 0.2) is 0 Å². The smallest absolute Gasteiger partial charge is 0.372 e. The van der Waals surface area contributed by atoms with Gasteiger partial charge in [-0.25, -0.2) is 4.98 Å². The number of rotatable bonds is 4. The van der Waals surface area contributed by atoms with Gasteiger partial charge in [0.25, 0.3) is 0 Å². The van der Waals surface area contributed by atoms with Crippen molar-refractivity contribution in [3.63, 3.8) is 0 Å². The van der Waals surface area contributed by atoms with Gasteiger partial charge in [-0.15, -0.1) is 0 Å². The number of nitrogens with one attached hydrogen (secondary N) is 1. The van der Waals surface area contributed by atoms with E-state index in [9.17, 15) is 22.8 Å². The molecule has 0 bridgehead atoms. The molecule has 7 nitrogen and oxygen atoms in total. The third-order valence-corrected chi connectivity index (χ3v) is 5.74. The Balaban J connectivity index is 1.39. The third kappa shape index (κ3) is 5.27. The lowest BCUT2D eigenvalue weighted by atomic mass is 10.1. The van der Waals surface area contributed by atoms with Gasteiger partial charge in [-0.3, -0.25) is 9.59 Å². The molecule has 3 atom stereocenters. The third-order valence-electron chi connectivity index (χ3n) is 5.74. The van der Waals surface area contributed by atoms with Crippen molar-refractivity contribution in [1.82, 2.24) is 4.98 Å². The first-order valence-corrected chi connectivity index (χ1v) is 10.7. The second-order valence-corrected chi connectivity index (χ2v) is 8.51. The Morgan fingerprint density at radius 1 is 1.12 bits per heavy atom. The first-order valence-electron chi connectivity index (χ1n) is 10.7. The molecule has 176 valence electrons. The van der Waals surface area contributed by atoms with Crippen LogP contribution in [-0.4, -0.2) is 48.6 Å². The summed E-state index contributed by atoms with van der Waals surface area (Å²) in [6.07, 6.45) is -2.84. The maximum Gasteiger partial charge on any atom is 0.416 e. The average molecular weight is 462 g/mol. The molecule has 3 unspecified atom stereocenters. The number of benzene rings is 1. The van der Waals surface area contributed by atoms with Crippen LogP contribution in [-0.2, 0) is 20.5 Å². The van der Waals surface area contributed by atoms with E-state index in [0.717, 1.165) is 31.0 Å². The average Bonchev–Trinajstić information content (AvgIpc) is 3.15. The minimum absolute atomic E-state index is 0.0149. The minimum Gasteiger partial charge on any atom is -0.372 e. The summed E-state index contributed by atoms with van der Waals surface area (Å²) in [5, 5.41) is 2.76. The topological polar surface area (TPSA) is 74.8 Å². The highest BCUT2D eigenvalue weighted by Gasteiger charge is 2.37. The molecule has 2 aromatic rings. The van der Waals surface area contributed by atoms with Gasteiger partial charge < -0.3 is 19.9 Å². The van der Waals surface area contributed by atoms with Crippen LogP contribution >= 0.6 is 0 Å². The number of pyridine rings is 1. The molecular weight excluding hydrogens is 437 g/mol. The quantitative estimate of drug-likeness (QED) is 0.750. The molecule has 2 aliphatic rings. The Labute approximate surface area is 189 Å². The monoisotopic (exact) mass is 462 g/mol. The predicted octanol–water partition coefficient (Wildman–Crippen LogP) is 3.71. The van der Waals surface area contributed by atoms with Gasteiger partial charge in [0.2, 0.25) is 11.8 Å². The zero-order valence-corrected chi connectivity index (χ0v) is 18.3. The van der Waals surface area contributed by atoms with E-state index in [1.807, 2.05) is 19.9 Å². The number of halogens is 3. The van der Waals surface area contributed by atoms with E-state index in [0.29, 0.717) is 5.69 Å². The highest BCUT2D eigenvalue weighted by atomic mass is 19.4. The molecule has 2 amide bonds. The Kier molecular flexibility index (Phi) is 6.29. The Bertz CT molecular complexity index is 1020. The van der Waals surface area contributed by atoms with Crippen molar-refractivity contribution in [3.05, 3.63) is 48.2 Å². The van der Waals surface area contributed by atoms with Crippen LogP contribution in [0.25, 0.3) is 0 Å². The summed E-state index contributed by atoms with van der Waals surface area (Å²) in [5.41, 5.74) is -0.218. The van der Waals surface area contributed by atoms with Crippen LogP contribution in [0, 0.1) is 5.92 Å². The van der Waals surface area contributed by atoms with Crippen LogP contribution in [0.5, 0.6) is 0 Å². The molecule has 1 N–H and O–H groups in total. The van der Waals surface area contributed by atoms with Crippen LogP contribution < -0.4 is 15.1 Å². The number of amides is 2. The van der Waals surface area contributed by atoms with Crippen molar-refractivity contribution >= 4 is 29.0 Å². The van der Waals surface area contributed by atoms with Crippen molar-refractivity contribution in [1.29, 1.82) is 0 Å². The van der Waals surface area contributed by atoms with Crippen LogP contribution in [0.3, 0.4) is 0 Å². The maximum absolute atomic E-state index is 13.0. The molecule has 1 aromatic carbocycles. The highest BCUT2D eigenvalue weighted by Crippen LogP contribution is 2.33. The molecule has 2 saturated heterocycles. The Morgan fingerprint density at radius 2 is 1.85 bits per heavy atom. The molecule has 10 heteroatoms. The van der Waals surface area contributed by atoms with Crippen molar-refractivity contribution in [2.45, 2.75) is 38.7 Å². The van der Waals surface area contributed by atoms with E-state index in [1.165, 1.54) is 17.0 Å². The first kappa shape index (κ1) is 23.0. The summed E-state index contributed by atoms with van der Waals surface area (Å²) < 4.78 is 44.7. The highest BCUT2D eigenvalue weighted by molar-refractivity contribution is 6.03. The number of nitrogens with zero attached hydrogens (tertiary/aromatic N) is 3. The van der Waals surface area contributed by atoms with Gasteiger partial charge in [-0.1, -0.05) is 6.07 Å². The fraction of sp³-hybridized carbons (Fsp3) is 0.435. The van der Waals surface area contributed by atoms with Gasteiger partial charge >= 0.3 is 6.18 Å². The summed E-state index contributed by atoms with van der Waals surface area (Å²) in [7, 11) is 0. The van der Waals surface area contributed by atoms with Gasteiger partial charge in [-0.2, -0.15) is 13.2 Å². The molecule has 1 aromatic heterocycles. The number of ether oxygens (including phenoxy) is 1. The zero-order valence-electron chi connectivity index (χ0n) is 18.3. The minimum atomic E-state index is -4.51. The van der Waals surface area contributed by atoms with Crippen LogP contribution in [0.15, 0.2) is 42.6 Å². The van der Waals surface area contributed by atoms with Gasteiger partial charge in [0.1, 0.15) is 5.82 Å². The van der Waals surface area contributed by atoms with Crippen molar-refractivity contribution < 1.29 is 27.5 Å². The van der Waals surface area contributed by atoms with E-state index >= 15 is 0 Å². The number of anilines is 3. The number of alkyl halides is 3. The van der Waals surface area contributed by atoms with Gasteiger partial charge in [0.05, 0.1) is 35.6 Å². The maximum atomic E-state index is 13.0. The fourth-order valence-electron chi connectivity index (χ4n) is 4.24. The largest absolute Gasteiger partial charge is 0.416 e. The molecule has 33 heavy (non-hydrogen) atoms. The van der Waals surface area contributed by atoms with Crippen molar-refractivity contribution in [3.8, 4) is 0 Å². The zero-order chi connectivity index (χ0) is 23.8. The van der Waals surface area contributed by atoms with Gasteiger partial charge in [-0.05, 0) is 44.2 Å². The number of hydrogen-bond donors (Lipinski definition) is 1. The van der Waals surface area contributed by atoms with E-state index < -0.39 is 23.6 Å². The van der Waals surface area contributed by atoms with Crippen LogP contribution in [0.4, 0.5) is 30.4 Å². The van der Waals surface area contributed by atoms with E-state index in [2.05, 4.69) is 15.2 Å². The van der Waals surface area contributed by atoms with Gasteiger partial charge in [0, 0.05) is 31.7 Å². The first-order chi connectivity index (χ1) is 15.6. The van der Waals surface area contributed by atoms with E-state index in [-0.39, 0.29) is 36.8 Å². The molecule has 2 aliphatic heterocycles. The Hall–Kier alpha value is -3.14. The molecule has 3 heterocycles. The van der Waals surface area contributed by atoms with E-state index in [4.69, 9.17) is 4.74 Å². The van der Waals surface area contributed by atoms with Crippen LogP contribution in [0.2, 0.25) is 0 Å². The lowest BCUT2D eigenvalue weighted by Crippen LogP contribution is -2.45. The Morgan fingerprint density at radius 3 is 2.48 bits per heavy atom. The number of morpholine rings is 1. The normalized spacial score (nSPS) is 23.7. The second-order valence-electron chi connectivity index (χ2n) is 8.51. The molecule has 0 saturated carbocycles. The standard InChI is InChI=1S/C23H25F3N4O3/c1-14-11-29(12-15(2)33-14)20-7-6-18(10-27-20)28-22(32)16-8-21(31)30(13-16)19-5-3-4-17(9-19)23(24,25)26/h3-7,9-10,14-16H,8,11-13H2,1-2H3,(H,28,32). The molecule has 0 aliphatic carbocycles. The van der Waals surface area contributed by atoms with Crippen molar-refractivity contribution in [2.75, 3.05) is 34.8 Å². The molecule has 2 fully saturated rings. The second kappa shape index (κ2) is 9.01. The fourth-order valence-corrected chi connectivity index (χ4v) is 4.24. The lowest BCUT2D eigenvalue weighted by Gasteiger charge is -2.36. The summed E-state index contributed by atoms with van der Waals surface area (Å²) in [5.74, 6) is -0.658. The van der Waals surface area contributed by atoms with Crippen LogP contribution in [0.1, 0.15) is 25.8 Å². The summed E-state index contributed by atoms with van der Waals surface area (Å²) in [6, 6.07) is 8.12. The summed E-state index contributed by atoms with van der Waals surface area (Å²) in [4.78, 5) is 32.9. The molecule has 4 rings (SSSR count). The number of hydrogen-bond acceptors (Lipinski definition) is 5. The lowest BCUT2D eigenvalue weighted by molar-refractivity contribution is -0.137. The van der Waals surface area contributed by atoms with Crippen molar-refractivity contribution in [2.24, 2.45) is 5.92 Å². The number of carbonyl (C=O) groups excluding carboxylic acids is 2. The summed E-state index contributed by atoms with van der Waals surface area (Å²) >= 11 is 0. The SMILES string of the molecule is CC1CN(c2ccc(NC(=O)C3CC(=O)N(c4cccc(C(F)(F)F)c4)C3)cn2)CC(C)O1.